The monoisotopic (exact) mass is 196 g/mol. The van der Waals surface area contributed by atoms with Gasteiger partial charge in [0.05, 0.1) is 0 Å². The highest BCUT2D eigenvalue weighted by molar-refractivity contribution is 4.86. The van der Waals surface area contributed by atoms with Crippen LogP contribution < -0.4 is 0 Å². The Bertz CT molecular complexity index is 175. The molecule has 1 atom stereocenters. The van der Waals surface area contributed by atoms with Crippen LogP contribution in [-0.2, 0) is 0 Å². The maximum absolute atomic E-state index is 2.67. The molecule has 1 saturated carbocycles. The van der Waals surface area contributed by atoms with Gasteiger partial charge in [-0.05, 0) is 39.4 Å². The molecule has 0 radical (unpaired) electrons. The van der Waals surface area contributed by atoms with Gasteiger partial charge >= 0.3 is 0 Å². The summed E-state index contributed by atoms with van der Waals surface area (Å²) in [5, 5.41) is 0. The number of hydrogen-bond donors (Lipinski definition) is 0. The zero-order valence-electron chi connectivity index (χ0n) is 9.71. The summed E-state index contributed by atoms with van der Waals surface area (Å²) in [4.78, 5) is 5.25. The zero-order chi connectivity index (χ0) is 9.97. The van der Waals surface area contributed by atoms with Crippen LogP contribution in [0.1, 0.15) is 39.0 Å². The van der Waals surface area contributed by atoms with Gasteiger partial charge in [-0.15, -0.1) is 0 Å². The van der Waals surface area contributed by atoms with Gasteiger partial charge in [0.15, 0.2) is 0 Å². The molecule has 0 aromatic carbocycles. The highest BCUT2D eigenvalue weighted by Gasteiger charge is 2.29. The Morgan fingerprint density at radius 2 is 1.86 bits per heavy atom. The second-order valence-corrected chi connectivity index (χ2v) is 4.94. The van der Waals surface area contributed by atoms with Crippen LogP contribution in [0.25, 0.3) is 0 Å². The lowest BCUT2D eigenvalue weighted by Crippen LogP contribution is -2.40. The number of rotatable bonds is 3. The van der Waals surface area contributed by atoms with E-state index in [2.05, 4.69) is 23.8 Å². The predicted molar refractivity (Wildman–Crippen MR) is 60.5 cm³/mol. The quantitative estimate of drug-likeness (QED) is 0.681. The minimum absolute atomic E-state index is 0.845. The van der Waals surface area contributed by atoms with E-state index in [1.807, 2.05) is 0 Å². The average molecular weight is 196 g/mol. The molecule has 0 N–H and O–H groups in total. The van der Waals surface area contributed by atoms with Crippen LogP contribution >= 0.6 is 0 Å². The molecule has 2 nitrogen and oxygen atoms in total. The lowest BCUT2D eigenvalue weighted by Gasteiger charge is -2.30. The second-order valence-electron chi connectivity index (χ2n) is 4.94. The molecule has 1 saturated heterocycles. The van der Waals surface area contributed by atoms with Gasteiger partial charge in [0.1, 0.15) is 0 Å². The highest BCUT2D eigenvalue weighted by atomic mass is 15.3. The summed E-state index contributed by atoms with van der Waals surface area (Å²) < 4.78 is 0. The van der Waals surface area contributed by atoms with E-state index in [0.29, 0.717) is 0 Å². The molecule has 2 aliphatic rings. The van der Waals surface area contributed by atoms with E-state index in [9.17, 15) is 0 Å². The Morgan fingerprint density at radius 3 is 2.43 bits per heavy atom. The van der Waals surface area contributed by atoms with Crippen molar-refractivity contribution in [2.75, 3.05) is 26.7 Å². The number of likely N-dealkylation sites (N-methyl/N-ethyl adjacent to an activating group) is 2. The molecule has 2 heteroatoms. The molecule has 2 fully saturated rings. The average Bonchev–Trinajstić information content (AvgIpc) is 2.88. The molecule has 2 rings (SSSR count). The Labute approximate surface area is 88.3 Å². The van der Waals surface area contributed by atoms with Gasteiger partial charge in [-0.2, -0.15) is 0 Å². The van der Waals surface area contributed by atoms with Crippen molar-refractivity contribution in [2.24, 2.45) is 0 Å². The first-order valence-corrected chi connectivity index (χ1v) is 6.25. The third-order valence-corrected chi connectivity index (χ3v) is 4.17. The summed E-state index contributed by atoms with van der Waals surface area (Å²) in [5.41, 5.74) is 0. The lowest BCUT2D eigenvalue weighted by molar-refractivity contribution is 0.174. The van der Waals surface area contributed by atoms with Gasteiger partial charge in [0, 0.05) is 18.6 Å². The normalized spacial score (nSPS) is 30.6. The van der Waals surface area contributed by atoms with Gasteiger partial charge in [-0.1, -0.05) is 19.8 Å². The first kappa shape index (κ1) is 10.4. The fourth-order valence-corrected chi connectivity index (χ4v) is 3.04. The van der Waals surface area contributed by atoms with Crippen LogP contribution in [0, 0.1) is 0 Å². The first-order valence-electron chi connectivity index (χ1n) is 6.25. The summed E-state index contributed by atoms with van der Waals surface area (Å²) >= 11 is 0. The van der Waals surface area contributed by atoms with Crippen LogP contribution in [0.3, 0.4) is 0 Å². The van der Waals surface area contributed by atoms with Crippen molar-refractivity contribution in [2.45, 2.75) is 51.1 Å². The van der Waals surface area contributed by atoms with Crippen molar-refractivity contribution in [3.63, 3.8) is 0 Å². The molecule has 0 aromatic rings. The third-order valence-electron chi connectivity index (χ3n) is 4.17. The van der Waals surface area contributed by atoms with Crippen LogP contribution in [0.4, 0.5) is 0 Å². The summed E-state index contributed by atoms with van der Waals surface area (Å²) in [6, 6.07) is 1.75. The van der Waals surface area contributed by atoms with Crippen molar-refractivity contribution < 1.29 is 0 Å². The molecule has 14 heavy (non-hydrogen) atoms. The van der Waals surface area contributed by atoms with Crippen molar-refractivity contribution in [1.29, 1.82) is 0 Å². The molecule has 0 bridgehead atoms. The minimum Gasteiger partial charge on any atom is -0.302 e. The van der Waals surface area contributed by atoms with E-state index in [-0.39, 0.29) is 0 Å². The van der Waals surface area contributed by atoms with Gasteiger partial charge in [0.2, 0.25) is 0 Å². The topological polar surface area (TPSA) is 6.48 Å². The molecule has 1 unspecified atom stereocenters. The minimum atomic E-state index is 0.845. The maximum atomic E-state index is 2.67. The molecule has 82 valence electrons. The van der Waals surface area contributed by atoms with Crippen molar-refractivity contribution >= 4 is 0 Å². The van der Waals surface area contributed by atoms with Gasteiger partial charge < -0.3 is 4.90 Å². The Balaban J connectivity index is 1.83. The fourth-order valence-electron chi connectivity index (χ4n) is 3.04. The van der Waals surface area contributed by atoms with E-state index < -0.39 is 0 Å². The summed E-state index contributed by atoms with van der Waals surface area (Å²) in [6.07, 6.45) is 7.19. The van der Waals surface area contributed by atoms with Gasteiger partial charge in [-0.3, -0.25) is 4.90 Å². The molecule has 0 amide bonds. The molecule has 1 aliphatic heterocycles. The molecule has 1 heterocycles. The standard InChI is InChI=1S/C12H24N2/c1-3-14-9-8-12(10-14)13(2)11-6-4-5-7-11/h11-12H,3-10H2,1-2H3. The number of likely N-dealkylation sites (tertiary alicyclic amines) is 1. The maximum Gasteiger partial charge on any atom is 0.0235 e. The summed E-state index contributed by atoms with van der Waals surface area (Å²) in [7, 11) is 2.35. The summed E-state index contributed by atoms with van der Waals surface area (Å²) in [6.45, 7) is 6.13. The van der Waals surface area contributed by atoms with Gasteiger partial charge in [0.25, 0.3) is 0 Å². The van der Waals surface area contributed by atoms with E-state index in [0.717, 1.165) is 12.1 Å². The van der Waals surface area contributed by atoms with E-state index in [4.69, 9.17) is 0 Å². The molecule has 0 spiro atoms. The number of nitrogens with zero attached hydrogens (tertiary/aromatic N) is 2. The highest BCUT2D eigenvalue weighted by Crippen LogP contribution is 2.26. The molecular formula is C12H24N2. The Morgan fingerprint density at radius 1 is 1.14 bits per heavy atom. The number of hydrogen-bond acceptors (Lipinski definition) is 2. The van der Waals surface area contributed by atoms with Crippen molar-refractivity contribution in [1.82, 2.24) is 9.80 Å². The van der Waals surface area contributed by atoms with Crippen LogP contribution in [-0.4, -0.2) is 48.6 Å². The Hall–Kier alpha value is -0.0800. The zero-order valence-corrected chi connectivity index (χ0v) is 9.71. The second kappa shape index (κ2) is 4.63. The van der Waals surface area contributed by atoms with Crippen LogP contribution in [0.5, 0.6) is 0 Å². The molecule has 0 aromatic heterocycles. The van der Waals surface area contributed by atoms with Crippen LogP contribution in [0.15, 0.2) is 0 Å². The smallest absolute Gasteiger partial charge is 0.0235 e. The summed E-state index contributed by atoms with van der Waals surface area (Å²) in [5.74, 6) is 0. The SMILES string of the molecule is CCN1CCC(N(C)C2CCCC2)C1. The third kappa shape index (κ3) is 2.12. The van der Waals surface area contributed by atoms with Crippen LogP contribution in [0.2, 0.25) is 0 Å². The largest absolute Gasteiger partial charge is 0.302 e. The predicted octanol–water partition coefficient (Wildman–Crippen LogP) is 1.95. The first-order chi connectivity index (χ1) is 6.81. The van der Waals surface area contributed by atoms with Crippen molar-refractivity contribution in [3.8, 4) is 0 Å². The molecular weight excluding hydrogens is 172 g/mol. The lowest BCUT2D eigenvalue weighted by atomic mass is 10.1. The molecule has 1 aliphatic carbocycles. The van der Waals surface area contributed by atoms with E-state index in [1.165, 1.54) is 51.7 Å². The van der Waals surface area contributed by atoms with E-state index >= 15 is 0 Å². The Kier molecular flexibility index (Phi) is 3.45. The van der Waals surface area contributed by atoms with Crippen molar-refractivity contribution in [3.05, 3.63) is 0 Å². The van der Waals surface area contributed by atoms with Gasteiger partial charge in [-0.25, -0.2) is 0 Å². The fraction of sp³-hybridized carbons (Fsp3) is 1.00. The van der Waals surface area contributed by atoms with E-state index in [1.54, 1.807) is 0 Å².